The third-order valence-corrected chi connectivity index (χ3v) is 5.90. The predicted octanol–water partition coefficient (Wildman–Crippen LogP) is 1.38. The van der Waals surface area contributed by atoms with Crippen LogP contribution in [0, 0.1) is 45.3 Å². The Morgan fingerprint density at radius 2 is 0.750 bits per heavy atom. The second-order valence-electron chi connectivity index (χ2n) is 7.74. The fourth-order valence-electron chi connectivity index (χ4n) is 4.17. The van der Waals surface area contributed by atoms with Gasteiger partial charge >= 0.3 is 0 Å². The van der Waals surface area contributed by atoms with Crippen molar-refractivity contribution in [3.05, 3.63) is 112 Å². The number of nitriles is 4. The predicted molar refractivity (Wildman–Crippen MR) is 126 cm³/mol. The Morgan fingerprint density at radius 3 is 1.03 bits per heavy atom. The molecule has 0 bridgehead atoms. The Bertz CT molecular complexity index is 1950. The summed E-state index contributed by atoms with van der Waals surface area (Å²) in [6.45, 7) is 0. The standard InChI is InChI=1S/C26H8N6O4/c27-9-13-1-3-17(5-15(13)11-29)31-23(33)19-7-21-22(8-20(19)24(31)34)26(36)32(25(21)35)18-4-2-14(10-28)16(6-18)12-30/h1-8H. The molecule has 10 nitrogen and oxygen atoms in total. The van der Waals surface area contributed by atoms with Crippen LogP contribution < -0.4 is 22.2 Å². The highest BCUT2D eigenvalue weighted by Gasteiger charge is 2.21. The van der Waals surface area contributed by atoms with E-state index in [2.05, 4.69) is 0 Å². The lowest BCUT2D eigenvalue weighted by Crippen LogP contribution is -2.24. The van der Waals surface area contributed by atoms with Crippen molar-refractivity contribution in [2.45, 2.75) is 0 Å². The Morgan fingerprint density at radius 1 is 0.444 bits per heavy atom. The van der Waals surface area contributed by atoms with Crippen LogP contribution >= 0.6 is 0 Å². The summed E-state index contributed by atoms with van der Waals surface area (Å²) in [7, 11) is 0. The number of hydrogen-bond donors (Lipinski definition) is 0. The van der Waals surface area contributed by atoms with Gasteiger partial charge < -0.3 is 0 Å². The first-order valence-electron chi connectivity index (χ1n) is 10.2. The third-order valence-electron chi connectivity index (χ3n) is 5.90. The largest absolute Gasteiger partial charge is 0.268 e. The van der Waals surface area contributed by atoms with Crippen LogP contribution in [0.5, 0.6) is 0 Å². The van der Waals surface area contributed by atoms with Gasteiger partial charge in [-0.15, -0.1) is 0 Å². The maximum atomic E-state index is 13.1. The third kappa shape index (κ3) is 2.87. The summed E-state index contributed by atoms with van der Waals surface area (Å²) >= 11 is 0. The molecule has 0 aliphatic heterocycles. The topological polar surface area (TPSA) is 173 Å². The van der Waals surface area contributed by atoms with Crippen LogP contribution in [0.4, 0.5) is 0 Å². The zero-order valence-electron chi connectivity index (χ0n) is 17.9. The molecule has 5 aromatic rings. The molecule has 0 saturated heterocycles. The normalized spacial score (nSPS) is 10.6. The lowest BCUT2D eigenvalue weighted by atomic mass is 10.1. The second-order valence-corrected chi connectivity index (χ2v) is 7.74. The zero-order valence-corrected chi connectivity index (χ0v) is 17.9. The first-order valence-corrected chi connectivity index (χ1v) is 10.2. The van der Waals surface area contributed by atoms with E-state index in [-0.39, 0.29) is 55.2 Å². The van der Waals surface area contributed by atoms with Gasteiger partial charge in [-0.25, -0.2) is 9.13 Å². The van der Waals surface area contributed by atoms with E-state index in [1.165, 1.54) is 48.5 Å². The molecule has 0 aliphatic rings. The van der Waals surface area contributed by atoms with Gasteiger partial charge in [-0.1, -0.05) is 0 Å². The Kier molecular flexibility index (Phi) is 4.67. The Balaban J connectivity index is 1.79. The van der Waals surface area contributed by atoms with Crippen LogP contribution in [0.2, 0.25) is 0 Å². The molecule has 0 aliphatic carbocycles. The molecule has 0 N–H and O–H groups in total. The van der Waals surface area contributed by atoms with Crippen molar-refractivity contribution in [1.82, 2.24) is 9.13 Å². The molecule has 10 heteroatoms. The first kappa shape index (κ1) is 21.7. The summed E-state index contributed by atoms with van der Waals surface area (Å²) < 4.78 is 1.63. The number of benzene rings is 3. The fourth-order valence-corrected chi connectivity index (χ4v) is 4.17. The smallest absolute Gasteiger partial charge is 0.266 e. The molecule has 0 fully saturated rings. The number of rotatable bonds is 2. The lowest BCUT2D eigenvalue weighted by Gasteiger charge is -2.02. The molecule has 5 rings (SSSR count). The SMILES string of the molecule is N#Cc1ccc(-n2c(=O)c3cc4c(=O)n(-c5ccc(C#N)c(C#N)c5)c(=O)c4cc3c2=O)cc1C#N. The van der Waals surface area contributed by atoms with Crippen molar-refractivity contribution in [3.63, 3.8) is 0 Å². The molecule has 0 saturated carbocycles. The van der Waals surface area contributed by atoms with Crippen LogP contribution in [-0.2, 0) is 0 Å². The monoisotopic (exact) mass is 468 g/mol. The van der Waals surface area contributed by atoms with Gasteiger partial charge in [0.1, 0.15) is 24.3 Å². The van der Waals surface area contributed by atoms with Gasteiger partial charge in [0.05, 0.1) is 55.2 Å². The molecular weight excluding hydrogens is 460 g/mol. The number of nitrogens with zero attached hydrogens (tertiary/aromatic N) is 6. The average Bonchev–Trinajstić information content (AvgIpc) is 3.30. The lowest BCUT2D eigenvalue weighted by molar-refractivity contribution is 0.986. The van der Waals surface area contributed by atoms with Gasteiger partial charge in [0.25, 0.3) is 22.2 Å². The quantitative estimate of drug-likeness (QED) is 0.373. The summed E-state index contributed by atoms with van der Waals surface area (Å²) in [4.78, 5) is 52.5. The molecular formula is C26H8N6O4. The highest BCUT2D eigenvalue weighted by Crippen LogP contribution is 2.19. The summed E-state index contributed by atoms with van der Waals surface area (Å²) in [5.74, 6) is 0. The molecule has 0 radical (unpaired) electrons. The van der Waals surface area contributed by atoms with Crippen LogP contribution in [0.3, 0.4) is 0 Å². The summed E-state index contributed by atoms with van der Waals surface area (Å²) in [5.41, 5.74) is -2.76. The van der Waals surface area contributed by atoms with Crippen LogP contribution in [0.25, 0.3) is 32.9 Å². The fraction of sp³-hybridized carbons (Fsp3) is 0. The molecule has 2 aromatic heterocycles. The first-order chi connectivity index (χ1) is 17.3. The highest BCUT2D eigenvalue weighted by atomic mass is 16.2. The van der Waals surface area contributed by atoms with Gasteiger partial charge in [-0.3, -0.25) is 19.2 Å². The zero-order chi connectivity index (χ0) is 25.7. The minimum Gasteiger partial charge on any atom is -0.268 e. The van der Waals surface area contributed by atoms with E-state index >= 15 is 0 Å². The van der Waals surface area contributed by atoms with Gasteiger partial charge in [-0.05, 0) is 48.5 Å². The molecule has 3 aromatic carbocycles. The number of aromatic nitrogens is 2. The van der Waals surface area contributed by atoms with Crippen molar-refractivity contribution in [2.75, 3.05) is 0 Å². The minimum atomic E-state index is -0.754. The van der Waals surface area contributed by atoms with Crippen LogP contribution in [0.15, 0.2) is 67.7 Å². The van der Waals surface area contributed by atoms with E-state index in [9.17, 15) is 29.7 Å². The van der Waals surface area contributed by atoms with Gasteiger partial charge in [0.15, 0.2) is 0 Å². The second kappa shape index (κ2) is 7.74. The minimum absolute atomic E-state index is 0.0193. The number of fused-ring (bicyclic) bond motifs is 2. The molecule has 166 valence electrons. The summed E-state index contributed by atoms with van der Waals surface area (Å²) in [6, 6.07) is 17.5. The molecule has 0 spiro atoms. The van der Waals surface area contributed by atoms with Gasteiger partial charge in [0.2, 0.25) is 0 Å². The summed E-state index contributed by atoms with van der Waals surface area (Å²) in [5, 5.41) is 36.4. The number of hydrogen-bond acceptors (Lipinski definition) is 8. The Hall–Kier alpha value is -6.10. The Labute approximate surface area is 199 Å². The van der Waals surface area contributed by atoms with Crippen molar-refractivity contribution in [2.24, 2.45) is 0 Å². The van der Waals surface area contributed by atoms with Crippen molar-refractivity contribution in [1.29, 1.82) is 21.0 Å². The van der Waals surface area contributed by atoms with Crippen LogP contribution in [0.1, 0.15) is 22.3 Å². The highest BCUT2D eigenvalue weighted by molar-refractivity contribution is 5.98. The van der Waals surface area contributed by atoms with Crippen molar-refractivity contribution < 1.29 is 0 Å². The molecule has 0 unspecified atom stereocenters. The van der Waals surface area contributed by atoms with E-state index in [4.69, 9.17) is 10.5 Å². The average molecular weight is 468 g/mol. The van der Waals surface area contributed by atoms with Gasteiger partial charge in [0, 0.05) is 0 Å². The maximum absolute atomic E-state index is 13.1. The van der Waals surface area contributed by atoms with E-state index in [1.807, 2.05) is 24.3 Å². The van der Waals surface area contributed by atoms with Gasteiger partial charge in [-0.2, -0.15) is 21.0 Å². The van der Waals surface area contributed by atoms with E-state index in [0.29, 0.717) is 0 Å². The van der Waals surface area contributed by atoms with Crippen LogP contribution in [-0.4, -0.2) is 9.13 Å². The van der Waals surface area contributed by atoms with E-state index in [0.717, 1.165) is 9.13 Å². The van der Waals surface area contributed by atoms with Crippen molar-refractivity contribution >= 4 is 21.5 Å². The van der Waals surface area contributed by atoms with Crippen molar-refractivity contribution in [3.8, 4) is 35.7 Å². The molecule has 0 amide bonds. The maximum Gasteiger partial charge on any atom is 0.266 e. The molecule has 0 atom stereocenters. The summed E-state index contributed by atoms with van der Waals surface area (Å²) in [6.07, 6.45) is 0. The molecule has 36 heavy (non-hydrogen) atoms. The van der Waals surface area contributed by atoms with E-state index < -0.39 is 22.2 Å². The molecule has 2 heterocycles. The van der Waals surface area contributed by atoms with E-state index in [1.54, 1.807) is 0 Å².